The van der Waals surface area contributed by atoms with Gasteiger partial charge in [-0.1, -0.05) is 132 Å². The van der Waals surface area contributed by atoms with E-state index in [9.17, 15) is 0 Å². The molecule has 5 heterocycles. The summed E-state index contributed by atoms with van der Waals surface area (Å²) in [6.45, 7) is -0.373. The van der Waals surface area contributed by atoms with Gasteiger partial charge in [0, 0.05) is 32.9 Å². The number of anilines is 3. The minimum Gasteiger partial charge on any atom is -0.471 e. The van der Waals surface area contributed by atoms with Crippen molar-refractivity contribution in [2.75, 3.05) is 4.90 Å². The largest absolute Gasteiger partial charge is 0.471 e. The lowest BCUT2D eigenvalue weighted by Gasteiger charge is -2.33. The second-order valence-electron chi connectivity index (χ2n) is 15.5. The third-order valence-corrected chi connectivity index (χ3v) is 12.4. The molecule has 274 valence electrons. The van der Waals surface area contributed by atoms with E-state index < -0.39 is 0 Å². The van der Waals surface area contributed by atoms with Crippen LogP contribution in [0.2, 0.25) is 0 Å². The van der Waals surface area contributed by atoms with Gasteiger partial charge in [-0.25, -0.2) is 0 Å². The lowest BCUT2D eigenvalue weighted by molar-refractivity contribution is 0.477. The Balaban J connectivity index is 0.983. The normalized spacial score (nSPS) is 13.1. The van der Waals surface area contributed by atoms with Gasteiger partial charge in [0.05, 0.1) is 33.7 Å². The number of hydrogen-bond acceptors (Lipinski definition) is 4. The molecule has 3 aromatic heterocycles. The van der Waals surface area contributed by atoms with Crippen LogP contribution in [-0.2, 0) is 0 Å². The van der Waals surface area contributed by atoms with Gasteiger partial charge in [-0.15, -0.1) is 0 Å². The van der Waals surface area contributed by atoms with Crippen LogP contribution in [0.5, 0.6) is 11.5 Å². The van der Waals surface area contributed by atoms with E-state index in [0.717, 1.165) is 89.4 Å². The SMILES string of the molecule is c1ccc2c(c1)Oc1ccccc1N2c1ccc(B2c3oc4ccccc4c3B(c3ccc(-n4c5ccccc5c5ccccc54)cc3)c3oc4ccccc4c32)cc1. The predicted octanol–water partition coefficient (Wildman–Crippen LogP) is 9.20. The van der Waals surface area contributed by atoms with E-state index in [1.165, 1.54) is 21.8 Å². The maximum atomic E-state index is 7.03. The van der Waals surface area contributed by atoms with Crippen LogP contribution in [0.15, 0.2) is 203 Å². The van der Waals surface area contributed by atoms with E-state index >= 15 is 0 Å². The molecule has 0 aliphatic carbocycles. The Kier molecular flexibility index (Phi) is 6.84. The van der Waals surface area contributed by atoms with Gasteiger partial charge in [0.25, 0.3) is 13.4 Å². The molecule has 0 N–H and O–H groups in total. The molecule has 5 nitrogen and oxygen atoms in total. The summed E-state index contributed by atoms with van der Waals surface area (Å²) in [7, 11) is 0. The van der Waals surface area contributed by atoms with Gasteiger partial charge in [0.15, 0.2) is 11.5 Å². The van der Waals surface area contributed by atoms with E-state index in [2.05, 4.69) is 179 Å². The van der Waals surface area contributed by atoms with Crippen molar-refractivity contribution in [1.82, 2.24) is 4.57 Å². The molecule has 59 heavy (non-hydrogen) atoms. The van der Waals surface area contributed by atoms with Crippen molar-refractivity contribution in [2.45, 2.75) is 0 Å². The van der Waals surface area contributed by atoms with Crippen molar-refractivity contribution >= 4 is 107 Å². The molecule has 8 aromatic carbocycles. The number of hydrogen-bond donors (Lipinski definition) is 0. The van der Waals surface area contributed by atoms with Crippen LogP contribution in [0.4, 0.5) is 17.1 Å². The van der Waals surface area contributed by atoms with Gasteiger partial charge < -0.3 is 23.0 Å². The van der Waals surface area contributed by atoms with Crippen molar-refractivity contribution in [3.05, 3.63) is 194 Å². The Hall–Kier alpha value is -7.63. The fraction of sp³-hybridized carbons (Fsp3) is 0. The minimum absolute atomic E-state index is 0.180. The molecule has 0 atom stereocenters. The molecule has 0 radical (unpaired) electrons. The van der Waals surface area contributed by atoms with E-state index in [4.69, 9.17) is 13.6 Å². The number of aromatic nitrogens is 1. The van der Waals surface area contributed by atoms with Crippen molar-refractivity contribution in [2.24, 2.45) is 0 Å². The molecule has 11 aromatic rings. The quantitative estimate of drug-likeness (QED) is 0.168. The smallest absolute Gasteiger partial charge is 0.290 e. The monoisotopic (exact) mass is 754 g/mol. The van der Waals surface area contributed by atoms with E-state index in [1.807, 2.05) is 24.3 Å². The van der Waals surface area contributed by atoms with Gasteiger partial charge in [-0.2, -0.15) is 0 Å². The Labute approximate surface area is 340 Å². The highest BCUT2D eigenvalue weighted by atomic mass is 16.5. The first-order chi connectivity index (χ1) is 29.3. The van der Waals surface area contributed by atoms with Crippen LogP contribution in [0.3, 0.4) is 0 Å². The first kappa shape index (κ1) is 32.5. The van der Waals surface area contributed by atoms with Crippen LogP contribution in [-0.4, -0.2) is 18.0 Å². The number of fused-ring (bicyclic) bond motifs is 11. The summed E-state index contributed by atoms with van der Waals surface area (Å²) in [4.78, 5) is 2.28. The average molecular weight is 754 g/mol. The molecule has 2 aliphatic rings. The average Bonchev–Trinajstić information content (AvgIpc) is 3.98. The summed E-state index contributed by atoms with van der Waals surface area (Å²) in [5, 5.41) is 4.71. The van der Waals surface area contributed by atoms with Crippen molar-refractivity contribution < 1.29 is 13.6 Å². The van der Waals surface area contributed by atoms with Crippen molar-refractivity contribution in [3.8, 4) is 17.2 Å². The Morgan fingerprint density at radius 3 is 1.27 bits per heavy atom. The van der Waals surface area contributed by atoms with E-state index in [1.54, 1.807) is 0 Å². The Bertz CT molecular complexity index is 3350. The zero-order valence-electron chi connectivity index (χ0n) is 31.7. The maximum Gasteiger partial charge on any atom is 0.290 e. The third-order valence-electron chi connectivity index (χ3n) is 12.4. The Morgan fingerprint density at radius 2 is 0.763 bits per heavy atom. The number of ether oxygens (including phenoxy) is 1. The van der Waals surface area contributed by atoms with Crippen LogP contribution < -0.4 is 42.8 Å². The number of nitrogens with zero attached hydrogens (tertiary/aromatic N) is 2. The van der Waals surface area contributed by atoms with Crippen molar-refractivity contribution in [1.29, 1.82) is 0 Å². The topological polar surface area (TPSA) is 43.7 Å². The summed E-state index contributed by atoms with van der Waals surface area (Å²) < 4.78 is 22.8. The zero-order valence-corrected chi connectivity index (χ0v) is 31.7. The number of para-hydroxylation sites is 8. The molecule has 13 rings (SSSR count). The highest BCUT2D eigenvalue weighted by molar-refractivity contribution is 7.12. The lowest BCUT2D eigenvalue weighted by Crippen LogP contribution is -2.73. The highest BCUT2D eigenvalue weighted by Gasteiger charge is 2.46. The molecule has 0 unspecified atom stereocenters. The molecule has 0 saturated carbocycles. The molecule has 0 spiro atoms. The first-order valence-corrected chi connectivity index (χ1v) is 20.2. The summed E-state index contributed by atoms with van der Waals surface area (Å²) in [6, 6.07) is 68.6. The molecule has 7 heteroatoms. The molecular formula is C52H32B2N2O3. The number of rotatable bonds is 4. The summed E-state index contributed by atoms with van der Waals surface area (Å²) in [5.41, 5.74) is 14.8. The van der Waals surface area contributed by atoms with E-state index in [0.29, 0.717) is 0 Å². The Morgan fingerprint density at radius 1 is 0.356 bits per heavy atom. The lowest BCUT2D eigenvalue weighted by atomic mass is 9.24. The number of benzene rings is 8. The minimum atomic E-state index is -0.192. The molecule has 0 amide bonds. The second-order valence-corrected chi connectivity index (χ2v) is 15.5. The van der Waals surface area contributed by atoms with Crippen molar-refractivity contribution in [3.63, 3.8) is 0 Å². The summed E-state index contributed by atoms with van der Waals surface area (Å²) in [5.74, 6) is 1.66. The fourth-order valence-electron chi connectivity index (χ4n) is 9.91. The third kappa shape index (κ3) is 4.70. The van der Waals surface area contributed by atoms with Crippen LogP contribution in [0, 0.1) is 0 Å². The van der Waals surface area contributed by atoms with Gasteiger partial charge in [-0.3, -0.25) is 0 Å². The van der Waals surface area contributed by atoms with Crippen LogP contribution in [0.25, 0.3) is 49.4 Å². The standard InChI is InChI=1S/C52H32B2N2O3/c1-5-17-41-37(13-1)38-14-2-6-18-42(38)55(41)35-29-25-33(26-30-35)53-49-39-15-3-9-21-45(39)59-52(49)54(50-40-16-4-10-22-46(40)58-51(50)53)34-27-31-36(32-28-34)56-43-19-7-11-23-47(43)57-48-24-12-8-20-44(48)56/h1-32H. The molecule has 0 saturated heterocycles. The van der Waals surface area contributed by atoms with E-state index in [-0.39, 0.29) is 13.4 Å². The number of furan rings is 2. The van der Waals surface area contributed by atoms with Gasteiger partial charge >= 0.3 is 0 Å². The van der Waals surface area contributed by atoms with Gasteiger partial charge in [0.2, 0.25) is 0 Å². The van der Waals surface area contributed by atoms with Crippen LogP contribution >= 0.6 is 0 Å². The van der Waals surface area contributed by atoms with Gasteiger partial charge in [-0.05, 0) is 83.7 Å². The molecule has 0 bridgehead atoms. The first-order valence-electron chi connectivity index (χ1n) is 20.2. The molecule has 0 fully saturated rings. The second kappa shape index (κ2) is 12.4. The molecular weight excluding hydrogens is 722 g/mol. The summed E-state index contributed by atoms with van der Waals surface area (Å²) in [6.07, 6.45) is 0. The fourth-order valence-corrected chi connectivity index (χ4v) is 9.91. The highest BCUT2D eigenvalue weighted by Crippen LogP contribution is 2.49. The summed E-state index contributed by atoms with van der Waals surface area (Å²) >= 11 is 0. The predicted molar refractivity (Wildman–Crippen MR) is 244 cm³/mol. The zero-order chi connectivity index (χ0) is 38.6. The maximum absolute atomic E-state index is 7.03. The van der Waals surface area contributed by atoms with Gasteiger partial charge in [0.1, 0.15) is 11.2 Å². The van der Waals surface area contributed by atoms with Crippen LogP contribution in [0.1, 0.15) is 0 Å². The molecule has 2 aliphatic heterocycles.